The van der Waals surface area contributed by atoms with Gasteiger partial charge in [-0.25, -0.2) is 4.79 Å². The number of thioether (sulfide) groups is 1. The van der Waals surface area contributed by atoms with Crippen molar-refractivity contribution in [3.05, 3.63) is 28.7 Å². The summed E-state index contributed by atoms with van der Waals surface area (Å²) < 4.78 is 15.4. The summed E-state index contributed by atoms with van der Waals surface area (Å²) in [6.45, 7) is 1.99. The van der Waals surface area contributed by atoms with Gasteiger partial charge in [0, 0.05) is 7.05 Å². The number of ether oxygens (including phenoxy) is 3. The van der Waals surface area contributed by atoms with Crippen LogP contribution in [-0.4, -0.2) is 49.4 Å². The molecule has 0 saturated carbocycles. The van der Waals surface area contributed by atoms with Crippen molar-refractivity contribution in [1.82, 2.24) is 4.90 Å². The number of likely N-dealkylation sites (N-methyl/N-ethyl adjacent to an activating group) is 1. The Morgan fingerprint density at radius 2 is 2.00 bits per heavy atom. The molecule has 0 unspecified atom stereocenters. The number of carbonyl (C=O) groups is 3. The Balaban J connectivity index is 2.23. The maximum atomic E-state index is 11.9. The molecule has 8 heteroatoms. The van der Waals surface area contributed by atoms with Gasteiger partial charge in [0.25, 0.3) is 11.1 Å². The largest absolute Gasteiger partial charge is 0.490 e. The van der Waals surface area contributed by atoms with E-state index >= 15 is 0 Å². The number of hydrogen-bond donors (Lipinski definition) is 0. The average molecular weight is 351 g/mol. The second kappa shape index (κ2) is 7.87. The minimum Gasteiger partial charge on any atom is -0.490 e. The van der Waals surface area contributed by atoms with Crippen LogP contribution in [0, 0.1) is 0 Å². The quantitative estimate of drug-likeness (QED) is 0.574. The Kier molecular flexibility index (Phi) is 5.86. The van der Waals surface area contributed by atoms with Crippen molar-refractivity contribution in [1.29, 1.82) is 0 Å². The molecule has 24 heavy (non-hydrogen) atoms. The van der Waals surface area contributed by atoms with Crippen LogP contribution < -0.4 is 9.47 Å². The zero-order valence-corrected chi connectivity index (χ0v) is 14.3. The molecule has 1 aliphatic heterocycles. The number of carbonyl (C=O) groups excluding carboxylic acids is 3. The third kappa shape index (κ3) is 4.08. The van der Waals surface area contributed by atoms with Gasteiger partial charge in [0.2, 0.25) is 0 Å². The van der Waals surface area contributed by atoms with Crippen molar-refractivity contribution >= 4 is 35.0 Å². The molecule has 1 fully saturated rings. The van der Waals surface area contributed by atoms with E-state index < -0.39 is 5.97 Å². The molecule has 1 heterocycles. The second-order valence-corrected chi connectivity index (χ2v) is 5.74. The molecule has 2 amide bonds. The van der Waals surface area contributed by atoms with Gasteiger partial charge in [0.1, 0.15) is 0 Å². The molecule has 0 aliphatic carbocycles. The highest BCUT2D eigenvalue weighted by Crippen LogP contribution is 2.34. The van der Waals surface area contributed by atoms with Crippen molar-refractivity contribution in [2.45, 2.75) is 6.92 Å². The number of benzene rings is 1. The molecule has 128 valence electrons. The van der Waals surface area contributed by atoms with Crippen LogP contribution in [0.2, 0.25) is 0 Å². The zero-order chi connectivity index (χ0) is 17.7. The van der Waals surface area contributed by atoms with Crippen molar-refractivity contribution in [2.75, 3.05) is 27.4 Å². The predicted octanol–water partition coefficient (Wildman–Crippen LogP) is 2.30. The van der Waals surface area contributed by atoms with E-state index in [0.29, 0.717) is 28.6 Å². The van der Waals surface area contributed by atoms with Crippen molar-refractivity contribution < 1.29 is 28.6 Å². The fraction of sp³-hybridized carbons (Fsp3) is 0.312. The van der Waals surface area contributed by atoms with Gasteiger partial charge in [0.15, 0.2) is 18.1 Å². The van der Waals surface area contributed by atoms with Crippen LogP contribution in [0.4, 0.5) is 4.79 Å². The van der Waals surface area contributed by atoms with Gasteiger partial charge < -0.3 is 14.2 Å². The Hall–Kier alpha value is -2.48. The Labute approximate surface area is 143 Å². The first-order valence-electron chi connectivity index (χ1n) is 7.14. The number of imide groups is 1. The van der Waals surface area contributed by atoms with E-state index in [4.69, 9.17) is 9.47 Å². The van der Waals surface area contributed by atoms with Crippen LogP contribution in [0.1, 0.15) is 12.5 Å². The molecule has 0 N–H and O–H groups in total. The zero-order valence-electron chi connectivity index (χ0n) is 13.5. The van der Waals surface area contributed by atoms with Crippen LogP contribution in [0.25, 0.3) is 6.08 Å². The molecule has 1 aliphatic rings. The van der Waals surface area contributed by atoms with Crippen molar-refractivity contribution in [3.8, 4) is 11.5 Å². The highest BCUT2D eigenvalue weighted by molar-refractivity contribution is 8.18. The first-order chi connectivity index (χ1) is 11.5. The number of amides is 2. The molecule has 0 atom stereocenters. The summed E-state index contributed by atoms with van der Waals surface area (Å²) in [4.78, 5) is 36.0. The van der Waals surface area contributed by atoms with E-state index in [2.05, 4.69) is 4.74 Å². The lowest BCUT2D eigenvalue weighted by Crippen LogP contribution is -2.22. The molecule has 2 rings (SSSR count). The van der Waals surface area contributed by atoms with Crippen molar-refractivity contribution in [2.24, 2.45) is 0 Å². The van der Waals surface area contributed by atoms with Crippen LogP contribution in [-0.2, 0) is 14.3 Å². The van der Waals surface area contributed by atoms with E-state index in [1.807, 2.05) is 6.92 Å². The molecule has 1 saturated heterocycles. The van der Waals surface area contributed by atoms with Crippen LogP contribution >= 0.6 is 11.8 Å². The first kappa shape index (κ1) is 17.9. The van der Waals surface area contributed by atoms with Gasteiger partial charge in [0.05, 0.1) is 18.6 Å². The van der Waals surface area contributed by atoms with E-state index in [9.17, 15) is 14.4 Å². The maximum Gasteiger partial charge on any atom is 0.343 e. The van der Waals surface area contributed by atoms with Gasteiger partial charge in [-0.3, -0.25) is 14.5 Å². The highest BCUT2D eigenvalue weighted by Gasteiger charge is 2.31. The van der Waals surface area contributed by atoms with Gasteiger partial charge in [-0.05, 0) is 42.5 Å². The number of hydrogen-bond acceptors (Lipinski definition) is 7. The van der Waals surface area contributed by atoms with Crippen LogP contribution in [0.5, 0.6) is 11.5 Å². The molecule has 1 aromatic carbocycles. The molecule has 0 radical (unpaired) electrons. The number of rotatable bonds is 6. The summed E-state index contributed by atoms with van der Waals surface area (Å²) in [6, 6.07) is 5.02. The van der Waals surface area contributed by atoms with Gasteiger partial charge in [-0.1, -0.05) is 6.07 Å². The SMILES string of the molecule is CCOc1cc(/C=C2\SC(=O)N(C)C2=O)ccc1OCC(=O)OC. The molecule has 1 aromatic rings. The number of esters is 1. The standard InChI is InChI=1S/C16H17NO6S/c1-4-22-12-7-10(5-6-11(12)23-9-14(18)21-3)8-13-15(19)17(2)16(20)24-13/h5-8H,4,9H2,1-3H3/b13-8-. The average Bonchev–Trinajstić information content (AvgIpc) is 2.81. The monoisotopic (exact) mass is 351 g/mol. The predicted molar refractivity (Wildman–Crippen MR) is 88.9 cm³/mol. The maximum absolute atomic E-state index is 11.9. The lowest BCUT2D eigenvalue weighted by Gasteiger charge is -2.12. The fourth-order valence-electron chi connectivity index (χ4n) is 1.89. The number of methoxy groups -OCH3 is 1. The topological polar surface area (TPSA) is 82.1 Å². The second-order valence-electron chi connectivity index (χ2n) is 4.74. The number of nitrogens with zero attached hydrogens (tertiary/aromatic N) is 1. The van der Waals surface area contributed by atoms with E-state index in [-0.39, 0.29) is 17.8 Å². The molecule has 0 bridgehead atoms. The molecular weight excluding hydrogens is 334 g/mol. The normalized spacial score (nSPS) is 15.8. The smallest absolute Gasteiger partial charge is 0.343 e. The fourth-order valence-corrected chi connectivity index (χ4v) is 2.72. The third-order valence-electron chi connectivity index (χ3n) is 3.13. The molecule has 0 aromatic heterocycles. The van der Waals surface area contributed by atoms with Gasteiger partial charge >= 0.3 is 5.97 Å². The van der Waals surface area contributed by atoms with Gasteiger partial charge in [-0.2, -0.15) is 0 Å². The lowest BCUT2D eigenvalue weighted by atomic mass is 10.2. The van der Waals surface area contributed by atoms with Crippen LogP contribution in [0.3, 0.4) is 0 Å². The Bertz CT molecular complexity index is 700. The summed E-state index contributed by atoms with van der Waals surface area (Å²) in [7, 11) is 2.72. The molecule has 7 nitrogen and oxygen atoms in total. The van der Waals surface area contributed by atoms with Crippen molar-refractivity contribution in [3.63, 3.8) is 0 Å². The summed E-state index contributed by atoms with van der Waals surface area (Å²) in [5.41, 5.74) is 0.683. The van der Waals surface area contributed by atoms with E-state index in [0.717, 1.165) is 16.7 Å². The lowest BCUT2D eigenvalue weighted by molar-refractivity contribution is -0.142. The summed E-state index contributed by atoms with van der Waals surface area (Å²) in [6.07, 6.45) is 1.61. The highest BCUT2D eigenvalue weighted by atomic mass is 32.2. The summed E-state index contributed by atoms with van der Waals surface area (Å²) in [5.74, 6) is -0.0130. The Morgan fingerprint density at radius 1 is 1.25 bits per heavy atom. The minimum atomic E-state index is -0.502. The van der Waals surface area contributed by atoms with E-state index in [1.54, 1.807) is 24.3 Å². The summed E-state index contributed by atoms with van der Waals surface area (Å²) in [5, 5.41) is -0.311. The minimum absolute atomic E-state index is 0.232. The first-order valence-corrected chi connectivity index (χ1v) is 7.96. The molecule has 0 spiro atoms. The Morgan fingerprint density at radius 3 is 2.58 bits per heavy atom. The molecular formula is C16H17NO6S. The van der Waals surface area contributed by atoms with Crippen LogP contribution in [0.15, 0.2) is 23.1 Å². The van der Waals surface area contributed by atoms with E-state index in [1.165, 1.54) is 14.2 Å². The summed E-state index contributed by atoms with van der Waals surface area (Å²) >= 11 is 0.882. The third-order valence-corrected chi connectivity index (χ3v) is 4.09. The van der Waals surface area contributed by atoms with Gasteiger partial charge in [-0.15, -0.1) is 0 Å².